The number of carbonyl (C=O) groups is 1. The summed E-state index contributed by atoms with van der Waals surface area (Å²) < 4.78 is 40.0. The monoisotopic (exact) mass is 381 g/mol. The zero-order valence-electron chi connectivity index (χ0n) is 14.1. The van der Waals surface area contributed by atoms with Crippen LogP contribution in [0.25, 0.3) is 0 Å². The Morgan fingerprint density at radius 3 is 2.15 bits per heavy atom. The number of thiocarbonyl (C=S) groups is 1. The lowest BCUT2D eigenvalue weighted by Crippen LogP contribution is -2.56. The fraction of sp³-hybridized carbons (Fsp3) is 0.222. The lowest BCUT2D eigenvalue weighted by Gasteiger charge is -2.24. The van der Waals surface area contributed by atoms with Crippen molar-refractivity contribution in [2.75, 3.05) is 5.73 Å². The van der Waals surface area contributed by atoms with Crippen LogP contribution in [0.15, 0.2) is 42.5 Å². The fourth-order valence-electron chi connectivity index (χ4n) is 2.15. The summed E-state index contributed by atoms with van der Waals surface area (Å²) in [5, 5.41) is 4.10. The highest BCUT2D eigenvalue weighted by Crippen LogP contribution is 2.20. The Labute approximate surface area is 154 Å². The number of hydrogen-bond donors (Lipinski definition) is 3. The van der Waals surface area contributed by atoms with Crippen molar-refractivity contribution in [3.8, 4) is 0 Å². The molecular weight excluding hydrogens is 363 g/mol. The number of nitrogen functional groups attached to an aromatic ring is 1. The van der Waals surface area contributed by atoms with Crippen LogP contribution in [0.5, 0.6) is 0 Å². The summed E-state index contributed by atoms with van der Waals surface area (Å²) in [5.41, 5.74) is 8.31. The van der Waals surface area contributed by atoms with Crippen LogP contribution in [0.3, 0.4) is 0 Å². The number of anilines is 1. The van der Waals surface area contributed by atoms with E-state index in [2.05, 4.69) is 5.32 Å². The molecule has 0 spiro atoms. The summed E-state index contributed by atoms with van der Waals surface area (Å²) in [6.07, 6.45) is -7.05. The fourth-order valence-corrected chi connectivity index (χ4v) is 2.40. The molecule has 0 radical (unpaired) electrons. The van der Waals surface area contributed by atoms with Gasteiger partial charge < -0.3 is 16.4 Å². The topological polar surface area (TPSA) is 67.2 Å². The standard InChI is InChI=1S/C18H18F3N3OS/c1-10-3-5-12(6-4-10)15(25)23-17(18(19,20)21)24-16(26)13-7-8-14(22)11(2)9-13/h3-9,17H,22H2,1-2H3,(H,23,25)(H,24,26). The molecule has 8 heteroatoms. The Morgan fingerprint density at radius 1 is 1.04 bits per heavy atom. The number of alkyl halides is 3. The van der Waals surface area contributed by atoms with Gasteiger partial charge in [-0.1, -0.05) is 29.9 Å². The van der Waals surface area contributed by atoms with Crippen molar-refractivity contribution in [1.82, 2.24) is 10.6 Å². The molecule has 26 heavy (non-hydrogen) atoms. The molecule has 4 nitrogen and oxygen atoms in total. The normalized spacial score (nSPS) is 12.3. The predicted octanol–water partition coefficient (Wildman–Crippen LogP) is 3.47. The number of aryl methyl sites for hydroxylation is 2. The van der Waals surface area contributed by atoms with Crippen molar-refractivity contribution in [1.29, 1.82) is 0 Å². The van der Waals surface area contributed by atoms with Gasteiger partial charge in [-0.25, -0.2) is 0 Å². The molecule has 0 saturated carbocycles. The number of nitrogens with one attached hydrogen (secondary N) is 2. The smallest absolute Gasteiger partial charge is 0.399 e. The zero-order chi connectivity index (χ0) is 19.5. The van der Waals surface area contributed by atoms with Crippen LogP contribution in [0, 0.1) is 13.8 Å². The number of halogens is 3. The van der Waals surface area contributed by atoms with Crippen LogP contribution in [-0.4, -0.2) is 23.2 Å². The van der Waals surface area contributed by atoms with Crippen molar-refractivity contribution in [2.24, 2.45) is 0 Å². The van der Waals surface area contributed by atoms with Crippen LogP contribution in [-0.2, 0) is 0 Å². The summed E-state index contributed by atoms with van der Waals surface area (Å²) in [5.74, 6) is -0.851. The maximum absolute atomic E-state index is 13.3. The third kappa shape index (κ3) is 4.95. The summed E-state index contributed by atoms with van der Waals surface area (Å²) in [6.45, 7) is 3.54. The summed E-state index contributed by atoms with van der Waals surface area (Å²) in [4.78, 5) is 12.0. The van der Waals surface area contributed by atoms with Gasteiger partial charge >= 0.3 is 6.18 Å². The molecule has 0 aromatic heterocycles. The third-order valence-electron chi connectivity index (χ3n) is 3.72. The number of benzene rings is 2. The van der Waals surface area contributed by atoms with E-state index in [1.807, 2.05) is 12.2 Å². The molecule has 0 bridgehead atoms. The van der Waals surface area contributed by atoms with Crippen molar-refractivity contribution in [3.05, 3.63) is 64.7 Å². The minimum Gasteiger partial charge on any atom is -0.399 e. The summed E-state index contributed by atoms with van der Waals surface area (Å²) in [6, 6.07) is 10.9. The van der Waals surface area contributed by atoms with E-state index in [1.165, 1.54) is 18.2 Å². The van der Waals surface area contributed by atoms with E-state index >= 15 is 0 Å². The van der Waals surface area contributed by atoms with E-state index in [4.69, 9.17) is 18.0 Å². The first-order valence-electron chi connectivity index (χ1n) is 7.69. The lowest BCUT2D eigenvalue weighted by molar-refractivity contribution is -0.156. The highest BCUT2D eigenvalue weighted by Gasteiger charge is 2.41. The zero-order valence-corrected chi connectivity index (χ0v) is 15.0. The van der Waals surface area contributed by atoms with E-state index in [9.17, 15) is 18.0 Å². The molecule has 0 heterocycles. The maximum atomic E-state index is 13.3. The molecule has 2 aromatic rings. The molecule has 0 aliphatic heterocycles. The van der Waals surface area contributed by atoms with Gasteiger partial charge in [0.05, 0.1) is 0 Å². The average molecular weight is 381 g/mol. The summed E-state index contributed by atoms with van der Waals surface area (Å²) in [7, 11) is 0. The molecule has 138 valence electrons. The number of amides is 1. The van der Waals surface area contributed by atoms with Crippen LogP contribution in [0.1, 0.15) is 27.0 Å². The minimum atomic E-state index is -4.73. The van der Waals surface area contributed by atoms with Gasteiger partial charge in [-0.05, 0) is 49.7 Å². The molecular formula is C18H18F3N3OS. The van der Waals surface area contributed by atoms with Crippen LogP contribution in [0.2, 0.25) is 0 Å². The van der Waals surface area contributed by atoms with Gasteiger partial charge in [0.25, 0.3) is 5.91 Å². The van der Waals surface area contributed by atoms with E-state index in [0.29, 0.717) is 16.8 Å². The quantitative estimate of drug-likeness (QED) is 0.431. The van der Waals surface area contributed by atoms with Gasteiger partial charge in [0, 0.05) is 16.8 Å². The molecule has 1 unspecified atom stereocenters. The summed E-state index contributed by atoms with van der Waals surface area (Å²) >= 11 is 5.05. The Morgan fingerprint density at radius 2 is 1.62 bits per heavy atom. The number of hydrogen-bond acceptors (Lipinski definition) is 3. The Balaban J connectivity index is 2.16. The molecule has 1 atom stereocenters. The Bertz CT molecular complexity index is 819. The van der Waals surface area contributed by atoms with Crippen molar-refractivity contribution >= 4 is 28.8 Å². The van der Waals surface area contributed by atoms with Gasteiger partial charge in [0.2, 0.25) is 0 Å². The van der Waals surface area contributed by atoms with Crippen molar-refractivity contribution < 1.29 is 18.0 Å². The van der Waals surface area contributed by atoms with E-state index in [1.54, 1.807) is 31.2 Å². The van der Waals surface area contributed by atoms with E-state index < -0.39 is 18.2 Å². The Kier molecular flexibility index (Phi) is 5.86. The first-order chi connectivity index (χ1) is 12.1. The molecule has 2 aromatic carbocycles. The maximum Gasteiger partial charge on any atom is 0.427 e. The molecule has 0 fully saturated rings. The highest BCUT2D eigenvalue weighted by atomic mass is 32.1. The second kappa shape index (κ2) is 7.74. The van der Waals surface area contributed by atoms with Gasteiger partial charge in [-0.2, -0.15) is 13.2 Å². The number of rotatable bonds is 4. The van der Waals surface area contributed by atoms with Gasteiger partial charge in [0.1, 0.15) is 4.99 Å². The molecule has 2 rings (SSSR count). The van der Waals surface area contributed by atoms with Crippen molar-refractivity contribution in [2.45, 2.75) is 26.2 Å². The third-order valence-corrected chi connectivity index (χ3v) is 4.08. The van der Waals surface area contributed by atoms with Gasteiger partial charge in [-0.15, -0.1) is 0 Å². The molecule has 1 amide bonds. The molecule has 0 aliphatic carbocycles. The number of nitrogens with two attached hydrogens (primary N) is 1. The average Bonchev–Trinajstić information content (AvgIpc) is 2.56. The molecule has 0 saturated heterocycles. The van der Waals surface area contributed by atoms with Crippen molar-refractivity contribution in [3.63, 3.8) is 0 Å². The predicted molar refractivity (Wildman–Crippen MR) is 98.9 cm³/mol. The SMILES string of the molecule is Cc1ccc(C(=O)NC(NC(=S)c2ccc(N)c(C)c2)C(F)(F)F)cc1. The van der Waals surface area contributed by atoms with Crippen LogP contribution >= 0.6 is 12.2 Å². The van der Waals surface area contributed by atoms with Gasteiger partial charge in [-0.3, -0.25) is 4.79 Å². The highest BCUT2D eigenvalue weighted by molar-refractivity contribution is 7.80. The minimum absolute atomic E-state index is 0.126. The van der Waals surface area contributed by atoms with Gasteiger partial charge in [0.15, 0.2) is 6.17 Å². The number of carbonyl (C=O) groups excluding carboxylic acids is 1. The molecule has 4 N–H and O–H groups in total. The second-order valence-corrected chi connectivity index (χ2v) is 6.27. The largest absolute Gasteiger partial charge is 0.427 e. The van der Waals surface area contributed by atoms with Crippen LogP contribution in [0.4, 0.5) is 18.9 Å². The van der Waals surface area contributed by atoms with E-state index in [0.717, 1.165) is 5.56 Å². The first kappa shape index (κ1) is 19.7. The Hall–Kier alpha value is -2.61. The van der Waals surface area contributed by atoms with E-state index in [-0.39, 0.29) is 10.6 Å². The molecule has 0 aliphatic rings. The van der Waals surface area contributed by atoms with Crippen LogP contribution < -0.4 is 16.4 Å². The lowest BCUT2D eigenvalue weighted by atomic mass is 10.1. The first-order valence-corrected chi connectivity index (χ1v) is 8.10. The second-order valence-electron chi connectivity index (χ2n) is 5.86.